The van der Waals surface area contributed by atoms with E-state index in [2.05, 4.69) is 15.0 Å². The Hall–Kier alpha value is -3.74. The first-order valence-corrected chi connectivity index (χ1v) is 12.3. The fraction of sp³-hybridized carbons (Fsp3) is 0.320. The number of amides is 1. The van der Waals surface area contributed by atoms with Crippen molar-refractivity contribution in [2.45, 2.75) is 19.3 Å². The Bertz CT molecular complexity index is 1240. The third kappa shape index (κ3) is 6.97. The maximum atomic E-state index is 12.6. The molecule has 0 aliphatic carbocycles. The molecule has 0 atom stereocenters. The minimum absolute atomic E-state index is 0. The fourth-order valence-electron chi connectivity index (χ4n) is 3.81. The highest BCUT2D eigenvalue weighted by atomic mass is 35.5. The number of anilines is 2. The number of nitrogens with zero attached hydrogens (tertiary/aromatic N) is 1. The van der Waals surface area contributed by atoms with Crippen LogP contribution in [-0.2, 0) is 4.79 Å². The van der Waals surface area contributed by atoms with E-state index in [9.17, 15) is 4.79 Å². The van der Waals surface area contributed by atoms with Crippen LogP contribution in [0.4, 0.5) is 11.4 Å². The molecule has 13 heteroatoms. The predicted octanol–water partition coefficient (Wildman–Crippen LogP) is 4.31. The number of carbonyl (C=O) groups excluding carboxylic acids is 1. The van der Waals surface area contributed by atoms with Gasteiger partial charge in [0.05, 0.1) is 45.5 Å². The Morgan fingerprint density at radius 3 is 2.13 bits per heavy atom. The lowest BCUT2D eigenvalue weighted by atomic mass is 9.98. The van der Waals surface area contributed by atoms with E-state index in [-0.39, 0.29) is 24.3 Å². The first-order valence-electron chi connectivity index (χ1n) is 11.4. The van der Waals surface area contributed by atoms with Gasteiger partial charge in [-0.1, -0.05) is 0 Å². The summed E-state index contributed by atoms with van der Waals surface area (Å²) in [5.41, 5.74) is 15.0. The quantitative estimate of drug-likeness (QED) is 0.122. The van der Waals surface area contributed by atoms with Gasteiger partial charge in [-0.05, 0) is 49.1 Å². The second kappa shape index (κ2) is 14.3. The number of hydrogen-bond acceptors (Lipinski definition) is 9. The molecule has 0 bridgehead atoms. The minimum Gasteiger partial charge on any atom is -0.494 e. The monoisotopic (exact) mass is 564 g/mol. The topological polar surface area (TPSA) is 167 Å². The molecule has 7 N–H and O–H groups in total. The zero-order valence-corrected chi connectivity index (χ0v) is 23.3. The Morgan fingerprint density at radius 1 is 0.921 bits per heavy atom. The van der Waals surface area contributed by atoms with E-state index in [4.69, 9.17) is 35.8 Å². The summed E-state index contributed by atoms with van der Waals surface area (Å²) < 4.78 is 26.6. The van der Waals surface area contributed by atoms with Crippen molar-refractivity contribution in [2.75, 3.05) is 45.6 Å². The van der Waals surface area contributed by atoms with Crippen molar-refractivity contribution in [1.82, 2.24) is 4.37 Å². The molecule has 0 spiro atoms. The molecule has 0 radical (unpaired) electrons. The number of nitrogens with one attached hydrogen (secondary N) is 3. The lowest BCUT2D eigenvalue weighted by molar-refractivity contribution is -0.116. The van der Waals surface area contributed by atoms with Crippen molar-refractivity contribution < 1.29 is 23.7 Å². The number of benzene rings is 2. The van der Waals surface area contributed by atoms with Crippen molar-refractivity contribution in [1.29, 1.82) is 5.41 Å². The predicted molar refractivity (Wildman–Crippen MR) is 154 cm³/mol. The molecule has 3 aromatic rings. The van der Waals surface area contributed by atoms with E-state index in [1.165, 1.54) is 25.8 Å². The number of rotatable bonds is 12. The summed E-state index contributed by atoms with van der Waals surface area (Å²) in [5, 5.41) is 15.5. The van der Waals surface area contributed by atoms with Crippen LogP contribution >= 0.6 is 23.9 Å². The smallest absolute Gasteiger partial charge is 0.224 e. The van der Waals surface area contributed by atoms with Gasteiger partial charge in [0, 0.05) is 34.6 Å². The number of ether oxygens (including phenoxy) is 4. The molecule has 2 aromatic carbocycles. The summed E-state index contributed by atoms with van der Waals surface area (Å²) in [4.78, 5) is 12.6. The molecule has 1 heterocycles. The lowest BCUT2D eigenvalue weighted by Gasteiger charge is -2.18. The molecule has 0 saturated carbocycles. The van der Waals surface area contributed by atoms with Crippen LogP contribution in [-0.4, -0.2) is 51.2 Å². The van der Waals surface area contributed by atoms with Crippen molar-refractivity contribution in [3.8, 4) is 45.4 Å². The van der Waals surface area contributed by atoms with Gasteiger partial charge >= 0.3 is 0 Å². The molecule has 11 nitrogen and oxygen atoms in total. The fourth-order valence-corrected chi connectivity index (χ4v) is 4.52. The van der Waals surface area contributed by atoms with E-state index < -0.39 is 0 Å². The van der Waals surface area contributed by atoms with Crippen LogP contribution < -0.4 is 41.0 Å². The van der Waals surface area contributed by atoms with Crippen molar-refractivity contribution in [3.63, 3.8) is 0 Å². The maximum Gasteiger partial charge on any atom is 0.224 e. The second-order valence-corrected chi connectivity index (χ2v) is 8.55. The van der Waals surface area contributed by atoms with Gasteiger partial charge < -0.3 is 41.0 Å². The largest absolute Gasteiger partial charge is 0.494 e. The van der Waals surface area contributed by atoms with E-state index in [1.54, 1.807) is 26.4 Å². The van der Waals surface area contributed by atoms with E-state index >= 15 is 0 Å². The summed E-state index contributed by atoms with van der Waals surface area (Å²) in [6, 6.07) is 7.07. The summed E-state index contributed by atoms with van der Waals surface area (Å²) in [7, 11) is 6.13. The first kappa shape index (κ1) is 30.5. The maximum absolute atomic E-state index is 12.6. The average molecular weight is 565 g/mol. The van der Waals surface area contributed by atoms with Crippen LogP contribution in [0.15, 0.2) is 29.6 Å². The van der Waals surface area contributed by atoms with Gasteiger partial charge in [-0.3, -0.25) is 10.2 Å². The minimum atomic E-state index is -0.251. The summed E-state index contributed by atoms with van der Waals surface area (Å²) in [6.07, 6.45) is 1.77. The normalized spacial score (nSPS) is 10.2. The average Bonchev–Trinajstić information content (AvgIpc) is 3.37. The Kier molecular flexibility index (Phi) is 11.4. The van der Waals surface area contributed by atoms with Gasteiger partial charge in [0.1, 0.15) is 5.75 Å². The van der Waals surface area contributed by atoms with Crippen LogP contribution in [0.3, 0.4) is 0 Å². The highest BCUT2D eigenvalue weighted by molar-refractivity contribution is 7.04. The molecule has 0 aliphatic heterocycles. The SMILES string of the molecule is COc1cc(NC(=N)N)c(-c2csnc2-c2cc(OC)c(OC)c(OC)c2)cc1NC(=O)CCCCN.Cl. The molecule has 3 rings (SSSR count). The van der Waals surface area contributed by atoms with Gasteiger partial charge in [0.25, 0.3) is 0 Å². The number of guanidine groups is 1. The molecule has 1 amide bonds. The van der Waals surface area contributed by atoms with Crippen LogP contribution in [0.1, 0.15) is 19.3 Å². The Labute approximate surface area is 231 Å². The standard InChI is InChI=1S/C25H32N6O5S.ClH/c1-33-19-12-17(30-25(27)28)15(11-18(19)29-22(32)7-5-6-8-26)16-13-37-31-23(16)14-9-20(34-2)24(36-4)21(10-14)35-3;/h9-13H,5-8,26H2,1-4H3,(H,29,32)(H4,27,28,30);1H. The lowest BCUT2D eigenvalue weighted by Crippen LogP contribution is -2.21. The summed E-state index contributed by atoms with van der Waals surface area (Å²) in [5.74, 6) is 1.44. The highest BCUT2D eigenvalue weighted by Gasteiger charge is 2.22. The van der Waals surface area contributed by atoms with Crippen LogP contribution in [0.2, 0.25) is 0 Å². The van der Waals surface area contributed by atoms with Crippen molar-refractivity contribution >= 4 is 47.2 Å². The number of halogens is 1. The van der Waals surface area contributed by atoms with Gasteiger partial charge in [-0.15, -0.1) is 12.4 Å². The highest BCUT2D eigenvalue weighted by Crippen LogP contribution is 2.46. The number of nitrogens with two attached hydrogens (primary N) is 2. The van der Waals surface area contributed by atoms with Crippen LogP contribution in [0.25, 0.3) is 22.4 Å². The van der Waals surface area contributed by atoms with Gasteiger partial charge in [0.15, 0.2) is 17.5 Å². The molecule has 0 saturated heterocycles. The molecule has 0 fully saturated rings. The van der Waals surface area contributed by atoms with E-state index in [0.717, 1.165) is 17.5 Å². The molecule has 38 heavy (non-hydrogen) atoms. The van der Waals surface area contributed by atoms with E-state index in [1.807, 2.05) is 17.5 Å². The zero-order chi connectivity index (χ0) is 26.9. The second-order valence-electron chi connectivity index (χ2n) is 7.92. The van der Waals surface area contributed by atoms with Crippen LogP contribution in [0, 0.1) is 5.41 Å². The number of carbonyl (C=O) groups is 1. The van der Waals surface area contributed by atoms with Crippen LogP contribution in [0.5, 0.6) is 23.0 Å². The third-order valence-electron chi connectivity index (χ3n) is 5.54. The Balaban J connectivity index is 0.00000507. The summed E-state index contributed by atoms with van der Waals surface area (Å²) in [6.45, 7) is 0.529. The number of unbranched alkanes of at least 4 members (excludes halogenated alkanes) is 1. The van der Waals surface area contributed by atoms with E-state index in [0.29, 0.717) is 65.0 Å². The molecular formula is C25H33ClN6O5S. The first-order chi connectivity index (χ1) is 17.9. The van der Waals surface area contributed by atoms with Gasteiger partial charge in [0.2, 0.25) is 11.7 Å². The zero-order valence-electron chi connectivity index (χ0n) is 21.7. The van der Waals surface area contributed by atoms with Crippen molar-refractivity contribution in [2.24, 2.45) is 11.5 Å². The van der Waals surface area contributed by atoms with Crippen molar-refractivity contribution in [3.05, 3.63) is 29.6 Å². The Morgan fingerprint density at radius 2 is 1.58 bits per heavy atom. The number of aromatic nitrogens is 1. The molecule has 1 aromatic heterocycles. The molecule has 206 valence electrons. The number of hydrogen-bond donors (Lipinski definition) is 5. The summed E-state index contributed by atoms with van der Waals surface area (Å²) >= 11 is 1.26. The molecular weight excluding hydrogens is 532 g/mol. The molecule has 0 unspecified atom stereocenters. The van der Waals surface area contributed by atoms with Gasteiger partial charge in [-0.25, -0.2) is 0 Å². The molecule has 0 aliphatic rings. The number of methoxy groups -OCH3 is 4. The third-order valence-corrected chi connectivity index (χ3v) is 6.17. The van der Waals surface area contributed by atoms with Gasteiger partial charge in [-0.2, -0.15) is 4.37 Å².